The van der Waals surface area contributed by atoms with Gasteiger partial charge in [-0.1, -0.05) is 30.3 Å². The van der Waals surface area contributed by atoms with Gasteiger partial charge in [-0.2, -0.15) is 0 Å². The Hall–Kier alpha value is -2.20. The molecule has 1 unspecified atom stereocenters. The highest BCUT2D eigenvalue weighted by atomic mass is 16.5. The number of rotatable bonds is 4. The van der Waals surface area contributed by atoms with Gasteiger partial charge < -0.3 is 15.4 Å². The van der Waals surface area contributed by atoms with Crippen molar-refractivity contribution in [1.82, 2.24) is 4.90 Å². The van der Waals surface area contributed by atoms with Crippen LogP contribution in [0.25, 0.3) is 0 Å². The van der Waals surface area contributed by atoms with Gasteiger partial charge in [0.25, 0.3) is 0 Å². The van der Waals surface area contributed by atoms with Crippen molar-refractivity contribution in [3.8, 4) is 5.75 Å². The monoisotopic (exact) mass is 311 g/mol. The minimum atomic E-state index is 0.344. The largest absolute Gasteiger partial charge is 0.495 e. The van der Waals surface area contributed by atoms with Gasteiger partial charge in [0.15, 0.2) is 0 Å². The fraction of sp³-hybridized carbons (Fsp3) is 0.368. The first-order valence-corrected chi connectivity index (χ1v) is 8.17. The Labute approximate surface area is 138 Å². The third-order valence-electron chi connectivity index (χ3n) is 4.73. The molecule has 1 heterocycles. The Morgan fingerprint density at radius 3 is 2.30 bits per heavy atom. The van der Waals surface area contributed by atoms with Crippen LogP contribution in [-0.4, -0.2) is 38.2 Å². The molecule has 1 saturated heterocycles. The van der Waals surface area contributed by atoms with Gasteiger partial charge >= 0.3 is 0 Å². The van der Waals surface area contributed by atoms with Gasteiger partial charge in [-0.15, -0.1) is 0 Å². The summed E-state index contributed by atoms with van der Waals surface area (Å²) in [5.74, 6) is 0.946. The van der Waals surface area contributed by atoms with Crippen molar-refractivity contribution in [2.45, 2.75) is 13.0 Å². The summed E-state index contributed by atoms with van der Waals surface area (Å²) in [6.07, 6.45) is 0. The Balaban J connectivity index is 1.68. The van der Waals surface area contributed by atoms with E-state index in [0.29, 0.717) is 6.04 Å². The number of methoxy groups -OCH3 is 1. The van der Waals surface area contributed by atoms with Crippen LogP contribution in [0.3, 0.4) is 0 Å². The third-order valence-corrected chi connectivity index (χ3v) is 4.73. The molecule has 2 aromatic rings. The average Bonchev–Trinajstić information content (AvgIpc) is 2.61. The molecule has 0 amide bonds. The van der Waals surface area contributed by atoms with Gasteiger partial charge in [0.05, 0.1) is 12.8 Å². The molecule has 1 atom stereocenters. The van der Waals surface area contributed by atoms with Crippen molar-refractivity contribution < 1.29 is 4.74 Å². The zero-order valence-corrected chi connectivity index (χ0v) is 13.9. The Morgan fingerprint density at radius 2 is 1.61 bits per heavy atom. The highest BCUT2D eigenvalue weighted by Gasteiger charge is 2.24. The summed E-state index contributed by atoms with van der Waals surface area (Å²) in [7, 11) is 1.73. The molecule has 4 nitrogen and oxygen atoms in total. The lowest BCUT2D eigenvalue weighted by Gasteiger charge is -2.39. The number of hydrogen-bond acceptors (Lipinski definition) is 4. The van der Waals surface area contributed by atoms with Crippen molar-refractivity contribution in [3.63, 3.8) is 0 Å². The van der Waals surface area contributed by atoms with E-state index in [1.54, 1.807) is 7.11 Å². The smallest absolute Gasteiger partial charge is 0.142 e. The second kappa shape index (κ2) is 6.92. The zero-order valence-electron chi connectivity index (χ0n) is 13.9. The first kappa shape index (κ1) is 15.7. The molecule has 0 spiro atoms. The first-order chi connectivity index (χ1) is 11.2. The molecule has 1 aliphatic rings. The molecule has 3 rings (SSSR count). The van der Waals surface area contributed by atoms with Crippen LogP contribution in [0, 0.1) is 0 Å². The van der Waals surface area contributed by atoms with Crippen LogP contribution in [-0.2, 0) is 0 Å². The minimum absolute atomic E-state index is 0.344. The van der Waals surface area contributed by atoms with E-state index < -0.39 is 0 Å². The average molecular weight is 311 g/mol. The number of ether oxygens (including phenoxy) is 1. The maximum Gasteiger partial charge on any atom is 0.142 e. The number of piperazine rings is 1. The van der Waals surface area contributed by atoms with E-state index in [1.807, 2.05) is 24.3 Å². The van der Waals surface area contributed by atoms with Crippen molar-refractivity contribution in [2.24, 2.45) is 0 Å². The molecular formula is C19H25N3O. The lowest BCUT2D eigenvalue weighted by molar-refractivity contribution is 0.198. The number of para-hydroxylation sites is 3. The molecule has 0 aliphatic carbocycles. The van der Waals surface area contributed by atoms with Crippen molar-refractivity contribution >= 4 is 11.4 Å². The molecule has 0 radical (unpaired) electrons. The SMILES string of the molecule is COc1ccccc1N1CCN(C(C)c2ccccc2N)CC1. The van der Waals surface area contributed by atoms with Gasteiger partial charge in [-0.3, -0.25) is 4.90 Å². The Kier molecular flexibility index (Phi) is 4.72. The van der Waals surface area contributed by atoms with Gasteiger partial charge in [0, 0.05) is 37.9 Å². The summed E-state index contributed by atoms with van der Waals surface area (Å²) in [6.45, 7) is 6.28. The van der Waals surface area contributed by atoms with Gasteiger partial charge in [0.2, 0.25) is 0 Å². The molecule has 1 fully saturated rings. The summed E-state index contributed by atoms with van der Waals surface area (Å²) in [6, 6.07) is 16.7. The summed E-state index contributed by atoms with van der Waals surface area (Å²) >= 11 is 0. The van der Waals surface area contributed by atoms with Gasteiger partial charge in [0.1, 0.15) is 5.75 Å². The van der Waals surface area contributed by atoms with E-state index in [2.05, 4.69) is 41.0 Å². The Morgan fingerprint density at radius 1 is 0.957 bits per heavy atom. The van der Waals surface area contributed by atoms with E-state index >= 15 is 0 Å². The molecule has 1 aliphatic heterocycles. The maximum atomic E-state index is 6.13. The van der Waals surface area contributed by atoms with E-state index in [1.165, 1.54) is 11.3 Å². The lowest BCUT2D eigenvalue weighted by atomic mass is 10.0. The molecule has 2 aromatic carbocycles. The Bertz CT molecular complexity index is 651. The number of nitrogen functional groups attached to an aromatic ring is 1. The van der Waals surface area contributed by atoms with Gasteiger partial charge in [-0.05, 0) is 30.7 Å². The number of nitrogens with zero attached hydrogens (tertiary/aromatic N) is 2. The third kappa shape index (κ3) is 3.27. The molecule has 23 heavy (non-hydrogen) atoms. The summed E-state index contributed by atoms with van der Waals surface area (Å²) < 4.78 is 5.49. The number of anilines is 2. The van der Waals surface area contributed by atoms with Crippen LogP contribution in [0.5, 0.6) is 5.75 Å². The summed E-state index contributed by atoms with van der Waals surface area (Å²) in [5, 5.41) is 0. The highest BCUT2D eigenvalue weighted by Crippen LogP contribution is 2.31. The number of nitrogens with two attached hydrogens (primary N) is 1. The molecule has 122 valence electrons. The molecule has 0 aromatic heterocycles. The minimum Gasteiger partial charge on any atom is -0.495 e. The lowest BCUT2D eigenvalue weighted by Crippen LogP contribution is -2.47. The van der Waals surface area contributed by atoms with E-state index in [-0.39, 0.29) is 0 Å². The number of hydrogen-bond donors (Lipinski definition) is 1. The van der Waals surface area contributed by atoms with Crippen LogP contribution >= 0.6 is 0 Å². The van der Waals surface area contributed by atoms with Crippen LogP contribution in [0.2, 0.25) is 0 Å². The second-order valence-electron chi connectivity index (χ2n) is 6.00. The highest BCUT2D eigenvalue weighted by molar-refractivity contribution is 5.58. The molecule has 0 bridgehead atoms. The predicted octanol–water partition coefficient (Wildman–Crippen LogP) is 3.16. The van der Waals surface area contributed by atoms with Crippen molar-refractivity contribution in [3.05, 3.63) is 54.1 Å². The van der Waals surface area contributed by atoms with E-state index in [4.69, 9.17) is 10.5 Å². The van der Waals surface area contributed by atoms with Crippen molar-refractivity contribution in [2.75, 3.05) is 43.9 Å². The molecule has 4 heteroatoms. The normalized spacial score (nSPS) is 17.0. The van der Waals surface area contributed by atoms with Crippen LogP contribution in [0.1, 0.15) is 18.5 Å². The second-order valence-corrected chi connectivity index (χ2v) is 6.00. The molecular weight excluding hydrogens is 286 g/mol. The maximum absolute atomic E-state index is 6.13. The quantitative estimate of drug-likeness (QED) is 0.881. The topological polar surface area (TPSA) is 41.7 Å². The number of benzene rings is 2. The van der Waals surface area contributed by atoms with E-state index in [0.717, 1.165) is 37.6 Å². The molecule has 2 N–H and O–H groups in total. The van der Waals surface area contributed by atoms with Gasteiger partial charge in [-0.25, -0.2) is 0 Å². The summed E-state index contributed by atoms with van der Waals surface area (Å²) in [4.78, 5) is 4.90. The summed E-state index contributed by atoms with van der Waals surface area (Å²) in [5.41, 5.74) is 9.41. The van der Waals surface area contributed by atoms with E-state index in [9.17, 15) is 0 Å². The van der Waals surface area contributed by atoms with Crippen LogP contribution in [0.4, 0.5) is 11.4 Å². The fourth-order valence-electron chi connectivity index (χ4n) is 3.33. The van der Waals surface area contributed by atoms with Crippen LogP contribution in [0.15, 0.2) is 48.5 Å². The van der Waals surface area contributed by atoms with Crippen LogP contribution < -0.4 is 15.4 Å². The zero-order chi connectivity index (χ0) is 16.2. The van der Waals surface area contributed by atoms with Crippen molar-refractivity contribution in [1.29, 1.82) is 0 Å². The first-order valence-electron chi connectivity index (χ1n) is 8.17. The standard InChI is InChI=1S/C19H25N3O/c1-15(16-7-3-4-8-17(16)20)21-11-13-22(14-12-21)18-9-5-6-10-19(18)23-2/h3-10,15H,11-14,20H2,1-2H3. The fourth-order valence-corrected chi connectivity index (χ4v) is 3.33. The predicted molar refractivity (Wildman–Crippen MR) is 96.0 cm³/mol. The molecule has 0 saturated carbocycles.